The molecular formula is C23H27N3O3. The molecule has 0 N–H and O–H groups in total. The molecular weight excluding hydrogens is 366 g/mol. The van der Waals surface area contributed by atoms with Gasteiger partial charge in [-0.1, -0.05) is 12.8 Å². The van der Waals surface area contributed by atoms with E-state index >= 15 is 0 Å². The maximum Gasteiger partial charge on any atom is 0.247 e. The number of ether oxygens (including phenoxy) is 2. The average Bonchev–Trinajstić information content (AvgIpc) is 3.37. The molecule has 1 unspecified atom stereocenters. The van der Waals surface area contributed by atoms with Gasteiger partial charge in [-0.15, -0.1) is 0 Å². The van der Waals surface area contributed by atoms with Gasteiger partial charge in [-0.05, 0) is 49.1 Å². The van der Waals surface area contributed by atoms with Gasteiger partial charge in [-0.2, -0.15) is 5.10 Å². The highest BCUT2D eigenvalue weighted by molar-refractivity contribution is 5.92. The monoisotopic (exact) mass is 393 g/mol. The largest absolute Gasteiger partial charge is 0.486 e. The number of aryl methyl sites for hydroxylation is 1. The topological polar surface area (TPSA) is 56.6 Å². The number of hydrogen-bond acceptors (Lipinski definition) is 4. The van der Waals surface area contributed by atoms with Crippen LogP contribution in [0.4, 0.5) is 0 Å². The molecule has 6 nitrogen and oxygen atoms in total. The number of amides is 1. The second-order valence-corrected chi connectivity index (χ2v) is 8.49. The summed E-state index contributed by atoms with van der Waals surface area (Å²) in [6.07, 6.45) is 11.8. The van der Waals surface area contributed by atoms with Gasteiger partial charge in [-0.25, -0.2) is 0 Å². The van der Waals surface area contributed by atoms with E-state index in [9.17, 15) is 4.79 Å². The average molecular weight is 393 g/mol. The Labute approximate surface area is 171 Å². The van der Waals surface area contributed by atoms with E-state index in [4.69, 9.17) is 9.47 Å². The Morgan fingerprint density at radius 1 is 1.21 bits per heavy atom. The fourth-order valence-corrected chi connectivity index (χ4v) is 5.16. The van der Waals surface area contributed by atoms with Crippen molar-refractivity contribution in [1.82, 2.24) is 14.7 Å². The second-order valence-electron chi connectivity index (χ2n) is 8.49. The third-order valence-electron chi connectivity index (χ3n) is 6.66. The fraction of sp³-hybridized carbons (Fsp3) is 0.478. The Hall–Kier alpha value is -2.76. The quantitative estimate of drug-likeness (QED) is 0.732. The standard InChI is InChI=1S/C23H27N3O3/c1-16-18-11-20-21(29-10-9-28-20)12-19(18)23(7-3-4-8-23)15-26(16)22(27)6-5-17-13-24-25(2)14-17/h5-6,11-14,16H,3-4,7-10,15H2,1-2H3/b6-5+. The maximum absolute atomic E-state index is 13.2. The highest BCUT2D eigenvalue weighted by Gasteiger charge is 2.46. The molecule has 1 fully saturated rings. The van der Waals surface area contributed by atoms with Crippen LogP contribution in [0.25, 0.3) is 6.08 Å². The lowest BCUT2D eigenvalue weighted by atomic mass is 9.71. The SMILES string of the molecule is CC1c2cc3c(cc2C2(CCCC2)CN1C(=O)/C=C/c1cnn(C)c1)OCCO3. The second kappa shape index (κ2) is 6.94. The van der Waals surface area contributed by atoms with Crippen LogP contribution in [0.3, 0.4) is 0 Å². The molecule has 1 amide bonds. The van der Waals surface area contributed by atoms with E-state index in [0.717, 1.165) is 36.4 Å². The normalized spacial score (nSPS) is 22.3. The van der Waals surface area contributed by atoms with Crippen molar-refractivity contribution in [2.45, 2.75) is 44.1 Å². The number of hydrogen-bond donors (Lipinski definition) is 0. The number of nitrogens with zero attached hydrogens (tertiary/aromatic N) is 3. The van der Waals surface area contributed by atoms with Crippen LogP contribution in [-0.2, 0) is 17.3 Å². The van der Waals surface area contributed by atoms with Crippen LogP contribution in [-0.4, -0.2) is 40.3 Å². The predicted molar refractivity (Wildman–Crippen MR) is 110 cm³/mol. The third-order valence-corrected chi connectivity index (χ3v) is 6.66. The van der Waals surface area contributed by atoms with Gasteiger partial charge in [-0.3, -0.25) is 9.48 Å². The third kappa shape index (κ3) is 3.11. The van der Waals surface area contributed by atoms with Crippen LogP contribution >= 0.6 is 0 Å². The van der Waals surface area contributed by atoms with Crippen molar-refractivity contribution in [3.8, 4) is 11.5 Å². The zero-order valence-electron chi connectivity index (χ0n) is 17.1. The van der Waals surface area contributed by atoms with Crippen LogP contribution in [0.5, 0.6) is 11.5 Å². The summed E-state index contributed by atoms with van der Waals surface area (Å²) in [5.41, 5.74) is 3.51. The molecule has 152 valence electrons. The Bertz CT molecular complexity index is 972. The van der Waals surface area contributed by atoms with Crippen LogP contribution < -0.4 is 9.47 Å². The minimum absolute atomic E-state index is 0.00176. The summed E-state index contributed by atoms with van der Waals surface area (Å²) in [7, 11) is 1.87. The number of fused-ring (bicyclic) bond motifs is 3. The summed E-state index contributed by atoms with van der Waals surface area (Å²) in [6.45, 7) is 4.05. The zero-order chi connectivity index (χ0) is 20.0. The molecule has 1 saturated carbocycles. The Morgan fingerprint density at radius 3 is 2.62 bits per heavy atom. The van der Waals surface area contributed by atoms with E-state index in [1.165, 1.54) is 24.0 Å². The smallest absolute Gasteiger partial charge is 0.247 e. The Balaban J connectivity index is 1.51. The van der Waals surface area contributed by atoms with E-state index in [0.29, 0.717) is 13.2 Å². The van der Waals surface area contributed by atoms with Gasteiger partial charge in [0.25, 0.3) is 0 Å². The van der Waals surface area contributed by atoms with E-state index in [2.05, 4.69) is 24.2 Å². The highest BCUT2D eigenvalue weighted by Crippen LogP contribution is 2.51. The molecule has 1 aromatic carbocycles. The molecule has 3 aliphatic rings. The van der Waals surface area contributed by atoms with Crippen molar-refractivity contribution in [2.75, 3.05) is 19.8 Å². The van der Waals surface area contributed by atoms with Crippen LogP contribution in [0, 0.1) is 0 Å². The number of aromatic nitrogens is 2. The molecule has 0 saturated heterocycles. The van der Waals surface area contributed by atoms with Gasteiger partial charge in [0.15, 0.2) is 11.5 Å². The van der Waals surface area contributed by atoms with E-state index in [1.807, 2.05) is 24.2 Å². The van der Waals surface area contributed by atoms with Crippen molar-refractivity contribution in [1.29, 1.82) is 0 Å². The van der Waals surface area contributed by atoms with E-state index < -0.39 is 0 Å². The lowest BCUT2D eigenvalue weighted by Gasteiger charge is -2.46. The zero-order valence-corrected chi connectivity index (χ0v) is 17.1. The number of carbonyl (C=O) groups excluding carboxylic acids is 1. The Morgan fingerprint density at radius 2 is 1.93 bits per heavy atom. The van der Waals surface area contributed by atoms with Crippen molar-refractivity contribution < 1.29 is 14.3 Å². The molecule has 5 rings (SSSR count). The molecule has 1 aliphatic carbocycles. The van der Waals surface area contributed by atoms with Gasteiger partial charge in [0.2, 0.25) is 5.91 Å². The summed E-state index contributed by atoms with van der Waals surface area (Å²) in [6, 6.07) is 4.30. The van der Waals surface area contributed by atoms with E-state index in [1.54, 1.807) is 17.0 Å². The lowest BCUT2D eigenvalue weighted by Crippen LogP contribution is -2.48. The number of benzene rings is 1. The summed E-state index contributed by atoms with van der Waals surface area (Å²) in [4.78, 5) is 15.2. The molecule has 1 aromatic heterocycles. The fourth-order valence-electron chi connectivity index (χ4n) is 5.16. The first-order valence-electron chi connectivity index (χ1n) is 10.5. The van der Waals surface area contributed by atoms with Gasteiger partial charge < -0.3 is 14.4 Å². The molecule has 2 aliphatic heterocycles. The summed E-state index contributed by atoms with van der Waals surface area (Å²) < 4.78 is 13.4. The van der Waals surface area contributed by atoms with Gasteiger partial charge >= 0.3 is 0 Å². The molecule has 2 aromatic rings. The van der Waals surface area contributed by atoms with Crippen molar-refractivity contribution in [2.24, 2.45) is 7.05 Å². The Kier molecular flexibility index (Phi) is 4.37. The van der Waals surface area contributed by atoms with Crippen molar-refractivity contribution in [3.63, 3.8) is 0 Å². The maximum atomic E-state index is 13.2. The number of rotatable bonds is 2. The lowest BCUT2D eigenvalue weighted by molar-refractivity contribution is -0.129. The molecule has 1 atom stereocenters. The first-order chi connectivity index (χ1) is 14.1. The van der Waals surface area contributed by atoms with Crippen LogP contribution in [0.1, 0.15) is 55.3 Å². The summed E-state index contributed by atoms with van der Waals surface area (Å²) >= 11 is 0. The first kappa shape index (κ1) is 18.3. The van der Waals surface area contributed by atoms with Crippen molar-refractivity contribution in [3.05, 3.63) is 47.3 Å². The van der Waals surface area contributed by atoms with Gasteiger partial charge in [0.1, 0.15) is 13.2 Å². The highest BCUT2D eigenvalue weighted by atomic mass is 16.6. The molecule has 6 heteroatoms. The van der Waals surface area contributed by atoms with Crippen LogP contribution in [0.2, 0.25) is 0 Å². The van der Waals surface area contributed by atoms with Crippen LogP contribution in [0.15, 0.2) is 30.6 Å². The molecule has 29 heavy (non-hydrogen) atoms. The first-order valence-corrected chi connectivity index (χ1v) is 10.5. The summed E-state index contributed by atoms with van der Waals surface area (Å²) in [5.74, 6) is 1.70. The molecule has 0 radical (unpaired) electrons. The summed E-state index contributed by atoms with van der Waals surface area (Å²) in [5, 5.41) is 4.17. The molecule has 0 bridgehead atoms. The van der Waals surface area contributed by atoms with Gasteiger partial charge in [0.05, 0.1) is 12.2 Å². The molecule has 3 heterocycles. The van der Waals surface area contributed by atoms with Gasteiger partial charge in [0, 0.05) is 36.8 Å². The van der Waals surface area contributed by atoms with Crippen molar-refractivity contribution >= 4 is 12.0 Å². The molecule has 1 spiro atoms. The minimum atomic E-state index is -0.00176. The minimum Gasteiger partial charge on any atom is -0.486 e. The predicted octanol–water partition coefficient (Wildman–Crippen LogP) is 3.62. The van der Waals surface area contributed by atoms with E-state index in [-0.39, 0.29) is 17.4 Å². The number of carbonyl (C=O) groups is 1.